The highest BCUT2D eigenvalue weighted by atomic mass is 16.1. The average Bonchev–Trinajstić information content (AvgIpc) is 3.07. The number of H-pyrrole nitrogens is 1. The van der Waals surface area contributed by atoms with E-state index < -0.39 is 0 Å². The van der Waals surface area contributed by atoms with Gasteiger partial charge in [0, 0.05) is 12.0 Å². The summed E-state index contributed by atoms with van der Waals surface area (Å²) in [4.78, 5) is 24.8. The lowest BCUT2D eigenvalue weighted by atomic mass is 9.89. The zero-order valence-corrected chi connectivity index (χ0v) is 15.8. The van der Waals surface area contributed by atoms with Gasteiger partial charge in [-0.3, -0.25) is 4.79 Å². The summed E-state index contributed by atoms with van der Waals surface area (Å²) in [6.45, 7) is 4.45. The van der Waals surface area contributed by atoms with Crippen molar-refractivity contribution in [3.05, 3.63) is 22.5 Å². The molecule has 0 radical (unpaired) electrons. The largest absolute Gasteiger partial charge is 0.312 e. The second-order valence-electron chi connectivity index (χ2n) is 7.52. The fraction of sp³-hybridized carbons (Fsp3) is 0.750. The molecule has 1 fully saturated rings. The third-order valence-corrected chi connectivity index (χ3v) is 5.70. The van der Waals surface area contributed by atoms with Crippen molar-refractivity contribution in [3.63, 3.8) is 0 Å². The Morgan fingerprint density at radius 2 is 2.00 bits per heavy atom. The van der Waals surface area contributed by atoms with E-state index in [1.165, 1.54) is 44.9 Å². The molecule has 1 unspecified atom stereocenters. The molecule has 2 aromatic rings. The Bertz CT molecular complexity index is 727. The summed E-state index contributed by atoms with van der Waals surface area (Å²) < 4.78 is 2.16. The van der Waals surface area contributed by atoms with Crippen molar-refractivity contribution in [3.8, 4) is 0 Å². The first kappa shape index (κ1) is 18.2. The van der Waals surface area contributed by atoms with Crippen molar-refractivity contribution >= 4 is 11.2 Å². The quantitative estimate of drug-likeness (QED) is 0.678. The van der Waals surface area contributed by atoms with Gasteiger partial charge in [0.1, 0.15) is 5.82 Å². The fourth-order valence-electron chi connectivity index (χ4n) is 4.13. The molecule has 3 rings (SSSR count). The van der Waals surface area contributed by atoms with Gasteiger partial charge in [0.05, 0.1) is 6.33 Å². The van der Waals surface area contributed by atoms with E-state index in [0.29, 0.717) is 17.5 Å². The molecule has 0 bridgehead atoms. The number of aromatic amines is 1. The summed E-state index contributed by atoms with van der Waals surface area (Å²) >= 11 is 0. The molecule has 0 aliphatic heterocycles. The second-order valence-corrected chi connectivity index (χ2v) is 7.52. The Balaban J connectivity index is 1.87. The third kappa shape index (κ3) is 4.13. The van der Waals surface area contributed by atoms with Gasteiger partial charge in [-0.05, 0) is 25.7 Å². The first-order chi connectivity index (χ1) is 12.2. The van der Waals surface area contributed by atoms with Gasteiger partial charge in [-0.2, -0.15) is 0 Å². The van der Waals surface area contributed by atoms with Gasteiger partial charge in [-0.1, -0.05) is 58.8 Å². The molecule has 0 saturated heterocycles. The number of nitrogens with zero attached hydrogens (tertiary/aromatic N) is 3. The standard InChI is InChI=1S/C20H32N4O/c1-3-5-6-10-13-16(4-2)24-14-21-17-19(24)22-18(23-20(17)25)15-11-8-7-9-12-15/h14-16H,3-13H2,1-2H3,(H,22,23,25). The van der Waals surface area contributed by atoms with Crippen LogP contribution in [0.1, 0.15) is 102 Å². The maximum Gasteiger partial charge on any atom is 0.279 e. The number of hydrogen-bond acceptors (Lipinski definition) is 3. The Morgan fingerprint density at radius 3 is 2.72 bits per heavy atom. The lowest BCUT2D eigenvalue weighted by molar-refractivity contribution is 0.423. The average molecular weight is 345 g/mol. The summed E-state index contributed by atoms with van der Waals surface area (Å²) in [5, 5.41) is 0. The van der Waals surface area contributed by atoms with Crippen molar-refractivity contribution in [2.24, 2.45) is 0 Å². The topological polar surface area (TPSA) is 63.6 Å². The molecule has 0 amide bonds. The maximum absolute atomic E-state index is 12.5. The lowest BCUT2D eigenvalue weighted by Gasteiger charge is -2.21. The molecule has 138 valence electrons. The van der Waals surface area contributed by atoms with E-state index in [2.05, 4.69) is 28.4 Å². The number of nitrogens with one attached hydrogen (secondary N) is 1. The number of imidazole rings is 1. The number of hydrogen-bond donors (Lipinski definition) is 1. The second kappa shape index (κ2) is 8.63. The van der Waals surface area contributed by atoms with Crippen LogP contribution in [-0.2, 0) is 0 Å². The Hall–Kier alpha value is -1.65. The Morgan fingerprint density at radius 1 is 1.20 bits per heavy atom. The van der Waals surface area contributed by atoms with Crippen molar-refractivity contribution in [1.82, 2.24) is 19.5 Å². The van der Waals surface area contributed by atoms with E-state index in [4.69, 9.17) is 4.98 Å². The minimum absolute atomic E-state index is 0.0786. The van der Waals surface area contributed by atoms with Gasteiger partial charge >= 0.3 is 0 Å². The Labute approximate surface area is 150 Å². The van der Waals surface area contributed by atoms with Crippen LogP contribution in [0.5, 0.6) is 0 Å². The van der Waals surface area contributed by atoms with Crippen LogP contribution in [-0.4, -0.2) is 19.5 Å². The number of aromatic nitrogens is 4. The molecule has 0 spiro atoms. The number of unbranched alkanes of at least 4 members (excludes halogenated alkanes) is 3. The van der Waals surface area contributed by atoms with Crippen LogP contribution in [0.15, 0.2) is 11.1 Å². The molecule has 1 saturated carbocycles. The Kier molecular flexibility index (Phi) is 6.27. The minimum atomic E-state index is -0.0786. The molecule has 1 atom stereocenters. The predicted molar refractivity (Wildman–Crippen MR) is 102 cm³/mol. The van der Waals surface area contributed by atoms with Crippen LogP contribution in [0, 0.1) is 0 Å². The predicted octanol–water partition coefficient (Wildman–Crippen LogP) is 5.09. The summed E-state index contributed by atoms with van der Waals surface area (Å²) in [5.41, 5.74) is 1.20. The third-order valence-electron chi connectivity index (χ3n) is 5.70. The lowest BCUT2D eigenvalue weighted by Crippen LogP contribution is -2.18. The molecular weight excluding hydrogens is 312 g/mol. The van der Waals surface area contributed by atoms with Crippen molar-refractivity contribution in [1.29, 1.82) is 0 Å². The van der Waals surface area contributed by atoms with Crippen molar-refractivity contribution < 1.29 is 0 Å². The molecule has 5 heteroatoms. The molecule has 1 N–H and O–H groups in total. The van der Waals surface area contributed by atoms with E-state index >= 15 is 0 Å². The van der Waals surface area contributed by atoms with Gasteiger partial charge in [0.15, 0.2) is 11.2 Å². The van der Waals surface area contributed by atoms with Crippen LogP contribution in [0.3, 0.4) is 0 Å². The van der Waals surface area contributed by atoms with Gasteiger partial charge in [0.25, 0.3) is 5.56 Å². The SMILES string of the molecule is CCCCCCC(CC)n1cnc2c(=O)[nH]c(C3CCCCC3)nc21. The molecule has 2 heterocycles. The van der Waals surface area contributed by atoms with Crippen molar-refractivity contribution in [2.75, 3.05) is 0 Å². The summed E-state index contributed by atoms with van der Waals surface area (Å²) in [6, 6.07) is 0.385. The first-order valence-electron chi connectivity index (χ1n) is 10.2. The van der Waals surface area contributed by atoms with Crippen LogP contribution >= 0.6 is 0 Å². The van der Waals surface area contributed by atoms with Gasteiger partial charge in [0.2, 0.25) is 0 Å². The van der Waals surface area contributed by atoms with E-state index in [1.807, 2.05) is 6.33 Å². The monoisotopic (exact) mass is 344 g/mol. The van der Waals surface area contributed by atoms with Crippen molar-refractivity contribution in [2.45, 2.75) is 96.4 Å². The number of rotatable bonds is 8. The van der Waals surface area contributed by atoms with Crippen LogP contribution in [0.4, 0.5) is 0 Å². The van der Waals surface area contributed by atoms with Gasteiger partial charge in [-0.25, -0.2) is 9.97 Å². The zero-order valence-electron chi connectivity index (χ0n) is 15.8. The smallest absolute Gasteiger partial charge is 0.279 e. The highest BCUT2D eigenvalue weighted by molar-refractivity contribution is 5.69. The van der Waals surface area contributed by atoms with Crippen LogP contribution < -0.4 is 5.56 Å². The summed E-state index contributed by atoms with van der Waals surface area (Å²) in [7, 11) is 0. The van der Waals surface area contributed by atoms with Gasteiger partial charge < -0.3 is 9.55 Å². The normalized spacial score (nSPS) is 17.2. The maximum atomic E-state index is 12.5. The molecule has 25 heavy (non-hydrogen) atoms. The summed E-state index contributed by atoms with van der Waals surface area (Å²) in [6.07, 6.45) is 15.1. The van der Waals surface area contributed by atoms with E-state index in [9.17, 15) is 4.79 Å². The van der Waals surface area contributed by atoms with Crippen LogP contribution in [0.25, 0.3) is 11.2 Å². The highest BCUT2D eigenvalue weighted by Crippen LogP contribution is 2.31. The zero-order chi connectivity index (χ0) is 17.6. The molecule has 1 aliphatic rings. The van der Waals surface area contributed by atoms with E-state index in [0.717, 1.165) is 37.2 Å². The van der Waals surface area contributed by atoms with E-state index in [-0.39, 0.29) is 5.56 Å². The summed E-state index contributed by atoms with van der Waals surface area (Å²) in [5.74, 6) is 1.28. The molecule has 1 aliphatic carbocycles. The molecule has 0 aromatic carbocycles. The van der Waals surface area contributed by atoms with E-state index in [1.54, 1.807) is 0 Å². The minimum Gasteiger partial charge on any atom is -0.312 e. The fourth-order valence-corrected chi connectivity index (χ4v) is 4.13. The molecular formula is C20H32N4O. The van der Waals surface area contributed by atoms with Crippen LogP contribution in [0.2, 0.25) is 0 Å². The van der Waals surface area contributed by atoms with Gasteiger partial charge in [-0.15, -0.1) is 0 Å². The number of fused-ring (bicyclic) bond motifs is 1. The molecule has 5 nitrogen and oxygen atoms in total. The highest BCUT2D eigenvalue weighted by Gasteiger charge is 2.21. The first-order valence-corrected chi connectivity index (χ1v) is 10.2. The molecule has 2 aromatic heterocycles.